The van der Waals surface area contributed by atoms with E-state index in [0.29, 0.717) is 6.42 Å². The number of hydrogen-bond donors (Lipinski definition) is 2. The van der Waals surface area contributed by atoms with Crippen LogP contribution in [0.1, 0.15) is 44.6 Å². The second kappa shape index (κ2) is 7.78. The fraction of sp³-hybridized carbons (Fsp3) is 0.600. The van der Waals surface area contributed by atoms with E-state index in [0.717, 1.165) is 18.4 Å². The minimum atomic E-state index is -0.928. The van der Waals surface area contributed by atoms with E-state index < -0.39 is 11.0 Å². The summed E-state index contributed by atoms with van der Waals surface area (Å²) in [4.78, 5) is -0.871. The molecule has 0 aliphatic carbocycles. The smallest absolute Gasteiger partial charge is 0.100 e. The molecule has 1 aromatic carbocycles. The molecule has 0 unspecified atom stereocenters. The van der Waals surface area contributed by atoms with Crippen LogP contribution < -0.4 is 0 Å². The fourth-order valence-corrected chi connectivity index (χ4v) is 2.50. The molecule has 102 valence electrons. The highest BCUT2D eigenvalue weighted by molar-refractivity contribution is 6.24. The summed E-state index contributed by atoms with van der Waals surface area (Å²) in [7, 11) is 0. The Hall–Kier alpha value is -0.570. The van der Waals surface area contributed by atoms with Crippen LogP contribution in [0.3, 0.4) is 0 Å². The molecule has 2 nitrogen and oxygen atoms in total. The maximum absolute atomic E-state index is 10.0. The topological polar surface area (TPSA) is 40.5 Å². The van der Waals surface area contributed by atoms with Crippen molar-refractivity contribution in [3.8, 4) is 0 Å². The first kappa shape index (κ1) is 15.5. The Morgan fingerprint density at radius 2 is 1.83 bits per heavy atom. The molecule has 2 N–H and O–H groups in total. The first-order valence-corrected chi connectivity index (χ1v) is 7.06. The third-order valence-electron chi connectivity index (χ3n) is 3.35. The van der Waals surface area contributed by atoms with E-state index in [1.165, 1.54) is 12.8 Å². The van der Waals surface area contributed by atoms with Crippen LogP contribution in [0.5, 0.6) is 0 Å². The van der Waals surface area contributed by atoms with Gasteiger partial charge in [-0.2, -0.15) is 0 Å². The Morgan fingerprint density at radius 1 is 1.17 bits per heavy atom. The fourth-order valence-electron chi connectivity index (χ4n) is 2.17. The summed E-state index contributed by atoms with van der Waals surface area (Å²) >= 11 is 6.58. The van der Waals surface area contributed by atoms with Crippen molar-refractivity contribution in [1.29, 1.82) is 0 Å². The summed E-state index contributed by atoms with van der Waals surface area (Å²) in [6.45, 7) is 1.85. The lowest BCUT2D eigenvalue weighted by molar-refractivity contribution is 0.0541. The average molecular weight is 271 g/mol. The number of halogens is 1. The number of aliphatic hydroxyl groups excluding tert-OH is 2. The SMILES string of the molecule is CCCCCC[C@@](Cl)(c1ccccc1)[C@@H](O)CO. The highest BCUT2D eigenvalue weighted by atomic mass is 35.5. The van der Waals surface area contributed by atoms with Crippen molar-refractivity contribution in [2.75, 3.05) is 6.61 Å². The van der Waals surface area contributed by atoms with Gasteiger partial charge in [0.15, 0.2) is 0 Å². The van der Waals surface area contributed by atoms with E-state index in [4.69, 9.17) is 11.6 Å². The molecule has 0 aromatic heterocycles. The van der Waals surface area contributed by atoms with Crippen LogP contribution in [0.2, 0.25) is 0 Å². The zero-order valence-corrected chi connectivity index (χ0v) is 11.7. The summed E-state index contributed by atoms with van der Waals surface area (Å²) in [5, 5.41) is 19.2. The van der Waals surface area contributed by atoms with Crippen LogP contribution in [0.4, 0.5) is 0 Å². The van der Waals surface area contributed by atoms with Gasteiger partial charge in [0.05, 0.1) is 11.5 Å². The Labute approximate surface area is 115 Å². The van der Waals surface area contributed by atoms with Crippen molar-refractivity contribution >= 4 is 11.6 Å². The van der Waals surface area contributed by atoms with E-state index in [1.807, 2.05) is 30.3 Å². The molecule has 1 aromatic rings. The molecule has 0 heterocycles. The maximum Gasteiger partial charge on any atom is 0.100 e. The van der Waals surface area contributed by atoms with Gasteiger partial charge in [-0.25, -0.2) is 0 Å². The van der Waals surface area contributed by atoms with Crippen LogP contribution >= 0.6 is 11.6 Å². The molecule has 0 fully saturated rings. The summed E-state index contributed by atoms with van der Waals surface area (Å²) in [5.74, 6) is 0. The molecule has 0 radical (unpaired) electrons. The van der Waals surface area contributed by atoms with E-state index >= 15 is 0 Å². The molecule has 18 heavy (non-hydrogen) atoms. The number of benzene rings is 1. The number of unbranched alkanes of at least 4 members (excludes halogenated alkanes) is 3. The molecule has 1 rings (SSSR count). The van der Waals surface area contributed by atoms with Crippen LogP contribution in [0.25, 0.3) is 0 Å². The zero-order chi connectivity index (χ0) is 13.4. The molecule has 0 aliphatic rings. The minimum Gasteiger partial charge on any atom is -0.394 e. The van der Waals surface area contributed by atoms with Crippen molar-refractivity contribution < 1.29 is 10.2 Å². The van der Waals surface area contributed by atoms with Gasteiger partial charge in [0.2, 0.25) is 0 Å². The van der Waals surface area contributed by atoms with Crippen LogP contribution in [-0.2, 0) is 4.87 Å². The van der Waals surface area contributed by atoms with Crippen molar-refractivity contribution in [2.45, 2.75) is 50.0 Å². The number of rotatable bonds is 8. The Balaban J connectivity index is 2.76. The summed E-state index contributed by atoms with van der Waals surface area (Å²) in [6, 6.07) is 9.55. The largest absolute Gasteiger partial charge is 0.394 e. The van der Waals surface area contributed by atoms with Gasteiger partial charge < -0.3 is 10.2 Å². The summed E-state index contributed by atoms with van der Waals surface area (Å²) < 4.78 is 0. The summed E-state index contributed by atoms with van der Waals surface area (Å²) in [5.41, 5.74) is 0.879. The van der Waals surface area contributed by atoms with Crippen molar-refractivity contribution in [3.05, 3.63) is 35.9 Å². The molecule has 0 saturated heterocycles. The van der Waals surface area contributed by atoms with E-state index in [2.05, 4.69) is 6.92 Å². The third-order valence-corrected chi connectivity index (χ3v) is 4.01. The van der Waals surface area contributed by atoms with Gasteiger partial charge in [-0.1, -0.05) is 62.9 Å². The predicted octanol–water partition coefficient (Wildman–Crippen LogP) is 3.44. The van der Waals surface area contributed by atoms with Gasteiger partial charge in [0.25, 0.3) is 0 Å². The monoisotopic (exact) mass is 270 g/mol. The molecule has 3 heteroatoms. The molecular weight excluding hydrogens is 248 g/mol. The second-order valence-electron chi connectivity index (χ2n) is 4.74. The number of hydrogen-bond acceptors (Lipinski definition) is 2. The van der Waals surface area contributed by atoms with Crippen molar-refractivity contribution in [1.82, 2.24) is 0 Å². The van der Waals surface area contributed by atoms with Gasteiger partial charge in [0, 0.05) is 0 Å². The van der Waals surface area contributed by atoms with Gasteiger partial charge >= 0.3 is 0 Å². The normalized spacial score (nSPS) is 16.2. The summed E-state index contributed by atoms with van der Waals surface area (Å²) in [6.07, 6.45) is 4.17. The van der Waals surface area contributed by atoms with Gasteiger partial charge in [-0.05, 0) is 12.0 Å². The number of aliphatic hydroxyl groups is 2. The quantitative estimate of drug-likeness (QED) is 0.561. The standard InChI is InChI=1S/C15H23ClO2/c1-2-3-4-8-11-15(16,14(18)12-17)13-9-6-5-7-10-13/h5-7,9-10,14,17-18H,2-4,8,11-12H2,1H3/t14-,15+/m0/s1. The number of alkyl halides is 1. The van der Waals surface area contributed by atoms with Gasteiger partial charge in [-0.3, -0.25) is 0 Å². The molecule has 2 atom stereocenters. The van der Waals surface area contributed by atoms with E-state index in [9.17, 15) is 10.2 Å². The highest BCUT2D eigenvalue weighted by Gasteiger charge is 2.36. The second-order valence-corrected chi connectivity index (χ2v) is 5.41. The zero-order valence-electron chi connectivity index (χ0n) is 11.0. The Bertz CT molecular complexity index is 329. The van der Waals surface area contributed by atoms with Crippen LogP contribution in [-0.4, -0.2) is 22.9 Å². The highest BCUT2D eigenvalue weighted by Crippen LogP contribution is 2.38. The first-order valence-electron chi connectivity index (χ1n) is 6.68. The average Bonchev–Trinajstić information content (AvgIpc) is 2.43. The predicted molar refractivity (Wildman–Crippen MR) is 75.8 cm³/mol. The minimum absolute atomic E-state index is 0.313. The van der Waals surface area contributed by atoms with Crippen LogP contribution in [0, 0.1) is 0 Å². The van der Waals surface area contributed by atoms with Crippen molar-refractivity contribution in [2.24, 2.45) is 0 Å². The third kappa shape index (κ3) is 3.98. The molecule has 0 spiro atoms. The molecule has 0 amide bonds. The molecule has 0 saturated carbocycles. The maximum atomic E-state index is 10.0. The van der Waals surface area contributed by atoms with Gasteiger partial charge in [0.1, 0.15) is 6.10 Å². The van der Waals surface area contributed by atoms with Gasteiger partial charge in [-0.15, -0.1) is 11.6 Å². The molecular formula is C15H23ClO2. The lowest BCUT2D eigenvalue weighted by atomic mass is 9.87. The van der Waals surface area contributed by atoms with E-state index in [1.54, 1.807) is 0 Å². The van der Waals surface area contributed by atoms with Crippen molar-refractivity contribution in [3.63, 3.8) is 0 Å². The van der Waals surface area contributed by atoms with Crippen LogP contribution in [0.15, 0.2) is 30.3 Å². The lowest BCUT2D eigenvalue weighted by Crippen LogP contribution is -2.37. The Morgan fingerprint density at radius 3 is 2.39 bits per heavy atom. The molecule has 0 bridgehead atoms. The van der Waals surface area contributed by atoms with E-state index in [-0.39, 0.29) is 6.61 Å². The molecule has 0 aliphatic heterocycles. The lowest BCUT2D eigenvalue weighted by Gasteiger charge is -2.32. The Kier molecular flexibility index (Phi) is 6.69. The first-order chi connectivity index (χ1) is 8.65.